The second kappa shape index (κ2) is 7.82. The van der Waals surface area contributed by atoms with Crippen molar-refractivity contribution in [3.05, 3.63) is 52.2 Å². The molecule has 160 valence electrons. The Morgan fingerprint density at radius 1 is 1.26 bits per heavy atom. The van der Waals surface area contributed by atoms with Crippen molar-refractivity contribution in [1.29, 1.82) is 0 Å². The molecule has 0 saturated carbocycles. The zero-order chi connectivity index (χ0) is 22.3. The van der Waals surface area contributed by atoms with E-state index in [9.17, 15) is 14.9 Å². The number of carbonyl (C=O) groups is 1. The van der Waals surface area contributed by atoms with Crippen LogP contribution in [0.2, 0.25) is 0 Å². The normalized spacial score (nSPS) is 14.2. The van der Waals surface area contributed by atoms with E-state index in [0.717, 1.165) is 22.4 Å². The van der Waals surface area contributed by atoms with Crippen LogP contribution < -0.4 is 5.73 Å². The van der Waals surface area contributed by atoms with Crippen LogP contribution in [0, 0.1) is 16.0 Å². The minimum Gasteiger partial charge on any atom is -0.382 e. The van der Waals surface area contributed by atoms with Gasteiger partial charge in [0.25, 0.3) is 5.69 Å². The Bertz CT molecular complexity index is 1210. The first kappa shape index (κ1) is 20.5. The number of hydrogen-bond donors (Lipinski definition) is 1. The molecular formula is C22H24N6O3. The van der Waals surface area contributed by atoms with Crippen LogP contribution in [0.15, 0.2) is 36.4 Å². The van der Waals surface area contributed by atoms with Crippen molar-refractivity contribution in [2.45, 2.75) is 20.3 Å². The van der Waals surface area contributed by atoms with Crippen molar-refractivity contribution in [2.75, 3.05) is 18.8 Å². The van der Waals surface area contributed by atoms with E-state index in [4.69, 9.17) is 10.7 Å². The molecule has 0 unspecified atom stereocenters. The molecule has 2 aromatic heterocycles. The van der Waals surface area contributed by atoms with Crippen LogP contribution in [-0.4, -0.2) is 43.6 Å². The molecule has 3 aromatic rings. The Morgan fingerprint density at radius 3 is 2.55 bits per heavy atom. The van der Waals surface area contributed by atoms with Crippen LogP contribution in [0.3, 0.4) is 0 Å². The first-order chi connectivity index (χ1) is 14.8. The SMILES string of the molecule is CC(C)C(=O)N1CC=C(c2cc(-c3ccc([N+](=O)[O-])cc3)c3c(N)nn(C)c3n2)CC1. The van der Waals surface area contributed by atoms with E-state index in [1.54, 1.807) is 23.9 Å². The molecule has 0 bridgehead atoms. The number of nitrogens with two attached hydrogens (primary N) is 1. The smallest absolute Gasteiger partial charge is 0.269 e. The highest BCUT2D eigenvalue weighted by Gasteiger charge is 2.23. The first-order valence-corrected chi connectivity index (χ1v) is 10.1. The third kappa shape index (κ3) is 3.74. The minimum absolute atomic E-state index is 0.0262. The summed E-state index contributed by atoms with van der Waals surface area (Å²) in [7, 11) is 1.79. The molecule has 31 heavy (non-hydrogen) atoms. The molecule has 1 aliphatic heterocycles. The maximum atomic E-state index is 12.3. The van der Waals surface area contributed by atoms with Crippen LogP contribution in [0.5, 0.6) is 0 Å². The van der Waals surface area contributed by atoms with E-state index in [2.05, 4.69) is 5.10 Å². The third-order valence-corrected chi connectivity index (χ3v) is 5.55. The van der Waals surface area contributed by atoms with Gasteiger partial charge in [0, 0.05) is 38.2 Å². The Hall–Kier alpha value is -3.75. The number of nitrogen functional groups attached to an aromatic ring is 1. The lowest BCUT2D eigenvalue weighted by atomic mass is 9.97. The maximum absolute atomic E-state index is 12.3. The number of non-ortho nitro benzene ring substituents is 1. The number of nitrogens with zero attached hydrogens (tertiary/aromatic N) is 5. The quantitative estimate of drug-likeness (QED) is 0.510. The molecule has 0 radical (unpaired) electrons. The number of carbonyl (C=O) groups excluding carboxylic acids is 1. The Labute approximate surface area is 179 Å². The number of anilines is 1. The second-order valence-electron chi connectivity index (χ2n) is 7.98. The van der Waals surface area contributed by atoms with Gasteiger partial charge in [0.05, 0.1) is 16.0 Å². The number of nitro benzene ring substituents is 1. The van der Waals surface area contributed by atoms with Crippen molar-refractivity contribution in [1.82, 2.24) is 19.7 Å². The molecule has 0 aliphatic carbocycles. The van der Waals surface area contributed by atoms with Gasteiger partial charge in [-0.05, 0) is 41.3 Å². The summed E-state index contributed by atoms with van der Waals surface area (Å²) in [6, 6.07) is 8.32. The Morgan fingerprint density at radius 2 is 1.97 bits per heavy atom. The monoisotopic (exact) mass is 420 g/mol. The van der Waals surface area contributed by atoms with E-state index in [0.29, 0.717) is 36.4 Å². The van der Waals surface area contributed by atoms with Gasteiger partial charge in [-0.15, -0.1) is 0 Å². The summed E-state index contributed by atoms with van der Waals surface area (Å²) < 4.78 is 1.64. The zero-order valence-electron chi connectivity index (χ0n) is 17.7. The summed E-state index contributed by atoms with van der Waals surface area (Å²) in [5, 5.41) is 16.1. The fourth-order valence-corrected chi connectivity index (χ4v) is 3.90. The fourth-order valence-electron chi connectivity index (χ4n) is 3.90. The Balaban J connectivity index is 1.79. The molecule has 0 atom stereocenters. The van der Waals surface area contributed by atoms with Gasteiger partial charge in [0.15, 0.2) is 11.5 Å². The predicted molar refractivity (Wildman–Crippen MR) is 119 cm³/mol. The van der Waals surface area contributed by atoms with Crippen molar-refractivity contribution in [3.8, 4) is 11.1 Å². The largest absolute Gasteiger partial charge is 0.382 e. The Kier molecular flexibility index (Phi) is 5.18. The summed E-state index contributed by atoms with van der Waals surface area (Å²) in [5.41, 5.74) is 10.3. The highest BCUT2D eigenvalue weighted by atomic mass is 16.6. The van der Waals surface area contributed by atoms with Gasteiger partial charge in [-0.3, -0.25) is 14.9 Å². The molecular weight excluding hydrogens is 396 g/mol. The molecule has 0 fully saturated rings. The second-order valence-corrected chi connectivity index (χ2v) is 7.98. The van der Waals surface area contributed by atoms with E-state index in [1.807, 2.05) is 30.9 Å². The van der Waals surface area contributed by atoms with Crippen molar-refractivity contribution in [2.24, 2.45) is 13.0 Å². The summed E-state index contributed by atoms with van der Waals surface area (Å²) in [4.78, 5) is 29.5. The average Bonchev–Trinajstić information content (AvgIpc) is 3.06. The molecule has 1 aliphatic rings. The summed E-state index contributed by atoms with van der Waals surface area (Å²) >= 11 is 0. The molecule has 1 aromatic carbocycles. The summed E-state index contributed by atoms with van der Waals surface area (Å²) in [6.45, 7) is 5.00. The number of amides is 1. The molecule has 0 saturated heterocycles. The number of benzene rings is 1. The van der Waals surface area contributed by atoms with Crippen LogP contribution >= 0.6 is 0 Å². The highest BCUT2D eigenvalue weighted by Crippen LogP contribution is 2.35. The van der Waals surface area contributed by atoms with Gasteiger partial charge >= 0.3 is 0 Å². The molecule has 0 spiro atoms. The lowest BCUT2D eigenvalue weighted by molar-refractivity contribution is -0.384. The van der Waals surface area contributed by atoms with E-state index < -0.39 is 4.92 Å². The van der Waals surface area contributed by atoms with Crippen LogP contribution in [0.25, 0.3) is 27.7 Å². The number of nitro groups is 1. The van der Waals surface area contributed by atoms with Gasteiger partial charge in [-0.2, -0.15) is 5.10 Å². The fraction of sp³-hybridized carbons (Fsp3) is 0.318. The third-order valence-electron chi connectivity index (χ3n) is 5.55. The predicted octanol–water partition coefficient (Wildman–Crippen LogP) is 3.40. The minimum atomic E-state index is -0.424. The van der Waals surface area contributed by atoms with Gasteiger partial charge in [0.1, 0.15) is 0 Å². The number of pyridine rings is 1. The van der Waals surface area contributed by atoms with Crippen molar-refractivity contribution >= 4 is 34.0 Å². The zero-order valence-corrected chi connectivity index (χ0v) is 17.7. The lowest BCUT2D eigenvalue weighted by Gasteiger charge is -2.28. The topological polar surface area (TPSA) is 120 Å². The van der Waals surface area contributed by atoms with Gasteiger partial charge in [-0.25, -0.2) is 9.67 Å². The first-order valence-electron chi connectivity index (χ1n) is 10.1. The molecule has 3 heterocycles. The average molecular weight is 420 g/mol. The van der Waals surface area contributed by atoms with Crippen LogP contribution in [0.4, 0.5) is 11.5 Å². The van der Waals surface area contributed by atoms with Gasteiger partial charge in [0.2, 0.25) is 5.91 Å². The summed E-state index contributed by atoms with van der Waals surface area (Å²) in [6.07, 6.45) is 2.74. The van der Waals surface area contributed by atoms with Gasteiger partial charge < -0.3 is 10.6 Å². The molecule has 1 amide bonds. The molecule has 4 rings (SSSR count). The molecule has 9 heteroatoms. The number of fused-ring (bicyclic) bond motifs is 1. The number of aryl methyl sites for hydroxylation is 1. The van der Waals surface area contributed by atoms with Crippen molar-refractivity contribution in [3.63, 3.8) is 0 Å². The van der Waals surface area contributed by atoms with E-state index in [1.165, 1.54) is 12.1 Å². The number of hydrogen-bond acceptors (Lipinski definition) is 6. The number of rotatable bonds is 4. The van der Waals surface area contributed by atoms with Crippen molar-refractivity contribution < 1.29 is 9.72 Å². The van der Waals surface area contributed by atoms with E-state index in [-0.39, 0.29) is 17.5 Å². The van der Waals surface area contributed by atoms with Crippen LogP contribution in [0.1, 0.15) is 26.0 Å². The highest BCUT2D eigenvalue weighted by molar-refractivity contribution is 6.01. The standard InChI is InChI=1S/C22H24N6O3/c1-13(2)22(29)27-10-8-15(9-11-27)18-12-17(14-4-6-16(7-5-14)28(30)31)19-20(23)25-26(3)21(19)24-18/h4-8,12-13H,9-11H2,1-3H3,(H2,23,25). The van der Waals surface area contributed by atoms with Crippen LogP contribution in [-0.2, 0) is 11.8 Å². The van der Waals surface area contributed by atoms with Gasteiger partial charge in [-0.1, -0.05) is 19.9 Å². The number of aromatic nitrogens is 3. The molecule has 2 N–H and O–H groups in total. The van der Waals surface area contributed by atoms with E-state index >= 15 is 0 Å². The summed E-state index contributed by atoms with van der Waals surface area (Å²) in [5.74, 6) is 0.469. The molecule has 9 nitrogen and oxygen atoms in total. The lowest BCUT2D eigenvalue weighted by Crippen LogP contribution is -2.37. The maximum Gasteiger partial charge on any atom is 0.269 e.